The van der Waals surface area contributed by atoms with Crippen LogP contribution < -0.4 is 5.73 Å². The largest absolute Gasteiger partial charge is 0.417 e. The van der Waals surface area contributed by atoms with Gasteiger partial charge >= 0.3 is 6.18 Å². The van der Waals surface area contributed by atoms with E-state index in [1.165, 1.54) is 6.20 Å². The van der Waals surface area contributed by atoms with Crippen LogP contribution in [0, 0.1) is 0 Å². The molecule has 1 unspecified atom stereocenters. The van der Waals surface area contributed by atoms with Crippen molar-refractivity contribution in [2.24, 2.45) is 5.73 Å². The molecule has 3 nitrogen and oxygen atoms in total. The first-order valence-corrected chi connectivity index (χ1v) is 3.83. The molecule has 6 heteroatoms. The Kier molecular flexibility index (Phi) is 3.07. The molecular formula is C8H9F3N2O. The SMILES string of the molecule is NC(CO)c1cncc(C(F)(F)F)c1. The zero-order valence-corrected chi connectivity index (χ0v) is 7.12. The third kappa shape index (κ3) is 2.43. The monoisotopic (exact) mass is 206 g/mol. The summed E-state index contributed by atoms with van der Waals surface area (Å²) in [6.45, 7) is -0.414. The summed E-state index contributed by atoms with van der Waals surface area (Å²) in [5.74, 6) is 0. The van der Waals surface area contributed by atoms with Crippen LogP contribution in [0.1, 0.15) is 17.2 Å². The molecule has 0 aliphatic rings. The van der Waals surface area contributed by atoms with Gasteiger partial charge in [0.05, 0.1) is 18.2 Å². The van der Waals surface area contributed by atoms with E-state index in [1.54, 1.807) is 0 Å². The van der Waals surface area contributed by atoms with Crippen LogP contribution in [-0.2, 0) is 6.18 Å². The molecule has 0 saturated heterocycles. The highest BCUT2D eigenvalue weighted by atomic mass is 19.4. The van der Waals surface area contributed by atoms with Crippen molar-refractivity contribution < 1.29 is 18.3 Å². The van der Waals surface area contributed by atoms with Gasteiger partial charge in [-0.3, -0.25) is 4.98 Å². The van der Waals surface area contributed by atoms with Gasteiger partial charge in [0, 0.05) is 12.4 Å². The van der Waals surface area contributed by atoms with Gasteiger partial charge in [-0.1, -0.05) is 0 Å². The van der Waals surface area contributed by atoms with E-state index in [2.05, 4.69) is 4.98 Å². The van der Waals surface area contributed by atoms with Crippen LogP contribution in [0.15, 0.2) is 18.5 Å². The van der Waals surface area contributed by atoms with Crippen molar-refractivity contribution in [3.63, 3.8) is 0 Å². The van der Waals surface area contributed by atoms with E-state index in [9.17, 15) is 13.2 Å². The zero-order chi connectivity index (χ0) is 10.8. The van der Waals surface area contributed by atoms with Crippen molar-refractivity contribution in [3.8, 4) is 0 Å². The van der Waals surface area contributed by atoms with Gasteiger partial charge in [0.2, 0.25) is 0 Å². The van der Waals surface area contributed by atoms with Crippen LogP contribution in [0.4, 0.5) is 13.2 Å². The molecule has 1 aromatic rings. The summed E-state index contributed by atoms with van der Waals surface area (Å²) in [4.78, 5) is 3.41. The van der Waals surface area contributed by atoms with Gasteiger partial charge in [-0.05, 0) is 11.6 Å². The van der Waals surface area contributed by atoms with Gasteiger partial charge in [-0.2, -0.15) is 13.2 Å². The van der Waals surface area contributed by atoms with Crippen molar-refractivity contribution >= 4 is 0 Å². The number of hydrogen-bond acceptors (Lipinski definition) is 3. The van der Waals surface area contributed by atoms with Gasteiger partial charge in [0.25, 0.3) is 0 Å². The molecule has 0 radical (unpaired) electrons. The predicted octanol–water partition coefficient (Wildman–Crippen LogP) is 1.09. The van der Waals surface area contributed by atoms with Crippen molar-refractivity contribution in [1.82, 2.24) is 4.98 Å². The van der Waals surface area contributed by atoms with E-state index in [0.717, 1.165) is 6.07 Å². The highest BCUT2D eigenvalue weighted by Crippen LogP contribution is 2.29. The van der Waals surface area contributed by atoms with Gasteiger partial charge in [-0.15, -0.1) is 0 Å². The molecule has 0 amide bonds. The number of aromatic nitrogens is 1. The summed E-state index contributed by atoms with van der Waals surface area (Å²) in [6, 6.07) is 0.0539. The number of nitrogens with zero attached hydrogens (tertiary/aromatic N) is 1. The summed E-state index contributed by atoms with van der Waals surface area (Å²) in [5, 5.41) is 8.65. The van der Waals surface area contributed by atoms with Crippen molar-refractivity contribution in [2.45, 2.75) is 12.2 Å². The van der Waals surface area contributed by atoms with Crippen LogP contribution in [0.3, 0.4) is 0 Å². The van der Waals surface area contributed by atoms with Gasteiger partial charge in [0.1, 0.15) is 0 Å². The Hall–Kier alpha value is -1.14. The molecule has 1 heterocycles. The summed E-state index contributed by atoms with van der Waals surface area (Å²) in [6.07, 6.45) is -2.51. The van der Waals surface area contributed by atoms with E-state index in [-0.39, 0.29) is 5.56 Å². The van der Waals surface area contributed by atoms with E-state index < -0.39 is 24.4 Å². The normalized spacial score (nSPS) is 14.1. The zero-order valence-electron chi connectivity index (χ0n) is 7.12. The number of aliphatic hydroxyl groups is 1. The number of nitrogens with two attached hydrogens (primary N) is 1. The molecule has 1 rings (SSSR count). The summed E-state index contributed by atoms with van der Waals surface area (Å²) in [7, 11) is 0. The third-order valence-corrected chi connectivity index (χ3v) is 1.71. The Labute approximate surface area is 78.4 Å². The molecule has 1 aromatic heterocycles. The maximum absolute atomic E-state index is 12.2. The molecule has 14 heavy (non-hydrogen) atoms. The second kappa shape index (κ2) is 3.93. The van der Waals surface area contributed by atoms with Crippen molar-refractivity contribution in [1.29, 1.82) is 0 Å². The number of halogens is 3. The molecule has 0 fully saturated rings. The van der Waals surface area contributed by atoms with E-state index in [1.807, 2.05) is 0 Å². The highest BCUT2D eigenvalue weighted by molar-refractivity contribution is 5.23. The molecular weight excluding hydrogens is 197 g/mol. The van der Waals surface area contributed by atoms with Crippen molar-refractivity contribution in [3.05, 3.63) is 29.6 Å². The molecule has 0 aliphatic carbocycles. The van der Waals surface area contributed by atoms with E-state index >= 15 is 0 Å². The summed E-state index contributed by atoms with van der Waals surface area (Å²) in [5.41, 5.74) is 4.66. The smallest absolute Gasteiger partial charge is 0.394 e. The Morgan fingerprint density at radius 2 is 2.07 bits per heavy atom. The van der Waals surface area contributed by atoms with Crippen LogP contribution in [0.5, 0.6) is 0 Å². The van der Waals surface area contributed by atoms with Gasteiger partial charge in [-0.25, -0.2) is 0 Å². The van der Waals surface area contributed by atoms with Crippen LogP contribution >= 0.6 is 0 Å². The minimum Gasteiger partial charge on any atom is -0.394 e. The second-order valence-electron chi connectivity index (χ2n) is 2.79. The molecule has 78 valence electrons. The second-order valence-corrected chi connectivity index (χ2v) is 2.79. The number of rotatable bonds is 2. The van der Waals surface area contributed by atoms with E-state index in [0.29, 0.717) is 6.20 Å². The Morgan fingerprint density at radius 3 is 2.57 bits per heavy atom. The van der Waals surface area contributed by atoms with Crippen molar-refractivity contribution in [2.75, 3.05) is 6.61 Å². The highest BCUT2D eigenvalue weighted by Gasteiger charge is 2.31. The average molecular weight is 206 g/mol. The lowest BCUT2D eigenvalue weighted by Crippen LogP contribution is -2.16. The maximum atomic E-state index is 12.2. The molecule has 0 spiro atoms. The predicted molar refractivity (Wildman–Crippen MR) is 43.3 cm³/mol. The number of pyridine rings is 1. The fourth-order valence-electron chi connectivity index (χ4n) is 0.921. The number of alkyl halides is 3. The Morgan fingerprint density at radius 1 is 1.43 bits per heavy atom. The molecule has 0 aromatic carbocycles. The molecule has 0 bridgehead atoms. The van der Waals surface area contributed by atoms with Crippen LogP contribution in [0.25, 0.3) is 0 Å². The lowest BCUT2D eigenvalue weighted by Gasteiger charge is -2.11. The lowest BCUT2D eigenvalue weighted by atomic mass is 10.1. The topological polar surface area (TPSA) is 59.1 Å². The number of hydrogen-bond donors (Lipinski definition) is 2. The summed E-state index contributed by atoms with van der Waals surface area (Å²) >= 11 is 0. The van der Waals surface area contributed by atoms with Gasteiger partial charge < -0.3 is 10.8 Å². The van der Waals surface area contributed by atoms with Crippen LogP contribution in [-0.4, -0.2) is 16.7 Å². The van der Waals surface area contributed by atoms with E-state index in [4.69, 9.17) is 10.8 Å². The fraction of sp³-hybridized carbons (Fsp3) is 0.375. The fourth-order valence-corrected chi connectivity index (χ4v) is 0.921. The van der Waals surface area contributed by atoms with Gasteiger partial charge in [0.15, 0.2) is 0 Å². The number of aliphatic hydroxyl groups excluding tert-OH is 1. The minimum absolute atomic E-state index is 0.169. The first-order chi connectivity index (χ1) is 6.45. The summed E-state index contributed by atoms with van der Waals surface area (Å²) < 4.78 is 36.6. The molecule has 0 aliphatic heterocycles. The molecule has 0 saturated carbocycles. The first kappa shape index (κ1) is 10.9. The standard InChI is InChI=1S/C8H9F3N2O/c9-8(10,11)6-1-5(2-13-3-6)7(12)4-14/h1-3,7,14H,4,12H2. The Balaban J connectivity index is 3.01. The molecule has 3 N–H and O–H groups in total. The lowest BCUT2D eigenvalue weighted by molar-refractivity contribution is -0.137. The Bertz CT molecular complexity index is 314. The quantitative estimate of drug-likeness (QED) is 0.761. The first-order valence-electron chi connectivity index (χ1n) is 3.83. The average Bonchev–Trinajstić information content (AvgIpc) is 2.15. The maximum Gasteiger partial charge on any atom is 0.417 e. The minimum atomic E-state index is -4.43. The molecule has 1 atom stereocenters. The third-order valence-electron chi connectivity index (χ3n) is 1.71. The van der Waals surface area contributed by atoms with Crippen LogP contribution in [0.2, 0.25) is 0 Å².